The number of fused-ring (bicyclic) bond motifs is 1. The van der Waals surface area contributed by atoms with Crippen molar-refractivity contribution < 1.29 is 37.1 Å². The van der Waals surface area contributed by atoms with Gasteiger partial charge in [0.1, 0.15) is 6.10 Å². The average Bonchev–Trinajstić information content (AvgIpc) is 3.21. The van der Waals surface area contributed by atoms with Crippen molar-refractivity contribution in [3.8, 4) is 0 Å². The third-order valence-corrected chi connectivity index (χ3v) is 8.43. The molecule has 0 radical (unpaired) electrons. The summed E-state index contributed by atoms with van der Waals surface area (Å²) in [5.41, 5.74) is -2.22. The van der Waals surface area contributed by atoms with Gasteiger partial charge in [0, 0.05) is 24.7 Å². The van der Waals surface area contributed by atoms with Crippen LogP contribution in [0.4, 0.5) is 5.69 Å². The van der Waals surface area contributed by atoms with E-state index in [0.717, 1.165) is 42.8 Å². The Morgan fingerprint density at radius 3 is 2.20 bits per heavy atom. The van der Waals surface area contributed by atoms with Crippen molar-refractivity contribution in [2.24, 2.45) is 5.92 Å². The number of hydrogen-bond acceptors (Lipinski definition) is 9. The molecule has 12 heteroatoms. The Morgan fingerprint density at radius 1 is 1.06 bits per heavy atom. The maximum atomic E-state index is 14.2. The highest BCUT2D eigenvalue weighted by Crippen LogP contribution is 2.55. The minimum atomic E-state index is -4.63. The van der Waals surface area contributed by atoms with Crippen LogP contribution in [0.5, 0.6) is 0 Å². The fourth-order valence-corrected chi connectivity index (χ4v) is 7.03. The van der Waals surface area contributed by atoms with Gasteiger partial charge in [0.2, 0.25) is 10.0 Å². The second-order valence-corrected chi connectivity index (χ2v) is 10.1. The molecule has 2 heterocycles. The van der Waals surface area contributed by atoms with Crippen LogP contribution in [-0.2, 0) is 33.8 Å². The number of benzene rings is 2. The van der Waals surface area contributed by atoms with Gasteiger partial charge in [-0.1, -0.05) is 30.3 Å². The molecule has 0 amide bonds. The number of nitro benzene ring substituents is 1. The maximum Gasteiger partial charge on any atom is 0.341 e. The monoisotopic (exact) mass is 504 g/mol. The van der Waals surface area contributed by atoms with Gasteiger partial charge in [0.05, 0.1) is 30.1 Å². The van der Waals surface area contributed by atoms with Gasteiger partial charge in [-0.05, 0) is 30.5 Å². The lowest BCUT2D eigenvalue weighted by Crippen LogP contribution is -2.65. The van der Waals surface area contributed by atoms with Crippen LogP contribution in [0.1, 0.15) is 24.4 Å². The molecule has 2 aromatic carbocycles. The summed E-state index contributed by atoms with van der Waals surface area (Å²) < 4.78 is 45.1. The SMILES string of the molecule is COC(=O)C1(C(=O)OC)[C@H]2OCCC[C@@H]2[C@H](c2ccccc2)N1S(=O)(=O)c1ccc([N+](=O)[O-])cc1. The molecule has 2 aromatic rings. The second kappa shape index (κ2) is 9.36. The van der Waals surface area contributed by atoms with Crippen molar-refractivity contribution in [3.05, 3.63) is 70.3 Å². The molecule has 2 aliphatic heterocycles. The highest BCUT2D eigenvalue weighted by Gasteiger charge is 2.74. The standard InChI is InChI=1S/C23H24N2O9S/c1-32-21(26)23(22(27)33-2)20-18(9-6-14-34-20)19(15-7-4-3-5-8-15)24(23)35(30,31)17-12-10-16(11-13-17)25(28)29/h3-5,7-8,10-13,18-20H,6,9,14H2,1-2H3/t18-,19+,20+/m1/s1. The van der Waals surface area contributed by atoms with Crippen molar-refractivity contribution in [3.63, 3.8) is 0 Å². The van der Waals surface area contributed by atoms with Crippen molar-refractivity contribution in [2.45, 2.75) is 35.4 Å². The van der Waals surface area contributed by atoms with Gasteiger partial charge in [-0.15, -0.1) is 0 Å². The maximum absolute atomic E-state index is 14.2. The largest absolute Gasteiger partial charge is 0.467 e. The number of ether oxygens (including phenoxy) is 3. The summed E-state index contributed by atoms with van der Waals surface area (Å²) in [5, 5.41) is 11.1. The molecule has 186 valence electrons. The van der Waals surface area contributed by atoms with E-state index < -0.39 is 50.5 Å². The third-order valence-electron chi connectivity index (χ3n) is 6.52. The number of sulfonamides is 1. The fraction of sp³-hybridized carbons (Fsp3) is 0.391. The van der Waals surface area contributed by atoms with Crippen LogP contribution < -0.4 is 0 Å². The molecule has 2 aliphatic rings. The van der Waals surface area contributed by atoms with Gasteiger partial charge in [-0.25, -0.2) is 18.0 Å². The Balaban J connectivity index is 2.02. The number of nitrogens with zero attached hydrogens (tertiary/aromatic N) is 2. The zero-order valence-corrected chi connectivity index (χ0v) is 19.8. The van der Waals surface area contributed by atoms with Gasteiger partial charge in [0.15, 0.2) is 0 Å². The smallest absolute Gasteiger partial charge is 0.341 e. The molecular formula is C23H24N2O9S. The lowest BCUT2D eigenvalue weighted by Gasteiger charge is -2.37. The van der Waals surface area contributed by atoms with E-state index in [1.54, 1.807) is 30.3 Å². The first-order valence-electron chi connectivity index (χ1n) is 10.8. The van der Waals surface area contributed by atoms with Crippen LogP contribution in [0.2, 0.25) is 0 Å². The predicted octanol–water partition coefficient (Wildman–Crippen LogP) is 2.22. The molecule has 0 bridgehead atoms. The number of rotatable bonds is 6. The average molecular weight is 505 g/mol. The molecule has 0 spiro atoms. The number of nitro groups is 1. The molecule has 2 saturated heterocycles. The fourth-order valence-electron chi connectivity index (χ4n) is 5.11. The molecular weight excluding hydrogens is 480 g/mol. The minimum absolute atomic E-state index is 0.212. The lowest BCUT2D eigenvalue weighted by molar-refractivity contribution is -0.384. The zero-order valence-electron chi connectivity index (χ0n) is 19.0. The molecule has 0 aromatic heterocycles. The van der Waals surface area contributed by atoms with E-state index in [-0.39, 0.29) is 17.2 Å². The van der Waals surface area contributed by atoms with Crippen LogP contribution in [-0.4, -0.2) is 62.1 Å². The zero-order chi connectivity index (χ0) is 25.4. The summed E-state index contributed by atoms with van der Waals surface area (Å²) in [6.45, 7) is 0.212. The van der Waals surface area contributed by atoms with Crippen LogP contribution in [0.3, 0.4) is 0 Å². The number of carbonyl (C=O) groups excluding carboxylic acids is 2. The first-order chi connectivity index (χ1) is 16.7. The Morgan fingerprint density at radius 2 is 1.66 bits per heavy atom. The Kier molecular flexibility index (Phi) is 6.62. The quantitative estimate of drug-likeness (QED) is 0.250. The number of carbonyl (C=O) groups is 2. The second-order valence-electron chi connectivity index (χ2n) is 8.25. The summed E-state index contributed by atoms with van der Waals surface area (Å²) in [6, 6.07) is 11.9. The van der Waals surface area contributed by atoms with Crippen LogP contribution >= 0.6 is 0 Å². The highest BCUT2D eigenvalue weighted by molar-refractivity contribution is 7.89. The van der Waals surface area contributed by atoms with Gasteiger partial charge in [0.25, 0.3) is 11.2 Å². The predicted molar refractivity (Wildman–Crippen MR) is 121 cm³/mol. The summed E-state index contributed by atoms with van der Waals surface area (Å²) in [5.74, 6) is -2.84. The molecule has 0 aliphatic carbocycles. The normalized spacial score (nSPS) is 23.8. The number of hydrogen-bond donors (Lipinski definition) is 0. The summed E-state index contributed by atoms with van der Waals surface area (Å²) in [4.78, 5) is 36.9. The Hall–Kier alpha value is -3.35. The van der Waals surface area contributed by atoms with Crippen LogP contribution in [0.25, 0.3) is 0 Å². The van der Waals surface area contributed by atoms with Gasteiger partial charge >= 0.3 is 11.9 Å². The third kappa shape index (κ3) is 3.77. The highest BCUT2D eigenvalue weighted by atomic mass is 32.2. The molecule has 0 N–H and O–H groups in total. The molecule has 11 nitrogen and oxygen atoms in total. The molecule has 0 unspecified atom stereocenters. The molecule has 35 heavy (non-hydrogen) atoms. The first kappa shape index (κ1) is 24.8. The summed E-state index contributed by atoms with van der Waals surface area (Å²) >= 11 is 0. The Bertz CT molecular complexity index is 1220. The van der Waals surface area contributed by atoms with Crippen molar-refractivity contribution in [1.82, 2.24) is 4.31 Å². The summed E-state index contributed by atoms with van der Waals surface area (Å²) in [7, 11) is -2.52. The first-order valence-corrected chi connectivity index (χ1v) is 12.3. The topological polar surface area (TPSA) is 142 Å². The van der Waals surface area contributed by atoms with Gasteiger partial charge < -0.3 is 14.2 Å². The van der Waals surface area contributed by atoms with E-state index >= 15 is 0 Å². The van der Waals surface area contributed by atoms with Crippen LogP contribution in [0, 0.1) is 16.0 Å². The molecule has 4 rings (SSSR count). The van der Waals surface area contributed by atoms with E-state index in [2.05, 4.69) is 0 Å². The van der Waals surface area contributed by atoms with E-state index in [1.807, 2.05) is 0 Å². The minimum Gasteiger partial charge on any atom is -0.467 e. The lowest BCUT2D eigenvalue weighted by atomic mass is 9.81. The van der Waals surface area contributed by atoms with Crippen molar-refractivity contribution >= 4 is 27.6 Å². The van der Waals surface area contributed by atoms with E-state index in [4.69, 9.17) is 14.2 Å². The van der Waals surface area contributed by atoms with Gasteiger partial charge in [-0.3, -0.25) is 10.1 Å². The van der Waals surface area contributed by atoms with Crippen molar-refractivity contribution in [2.75, 3.05) is 20.8 Å². The molecule has 2 fully saturated rings. The van der Waals surface area contributed by atoms with E-state index in [1.165, 1.54) is 0 Å². The van der Waals surface area contributed by atoms with Crippen molar-refractivity contribution in [1.29, 1.82) is 0 Å². The van der Waals surface area contributed by atoms with E-state index in [9.17, 15) is 28.1 Å². The van der Waals surface area contributed by atoms with Crippen LogP contribution in [0.15, 0.2) is 59.5 Å². The number of esters is 2. The summed E-state index contributed by atoms with van der Waals surface area (Å²) in [6.07, 6.45) is -0.102. The Labute approximate surface area is 201 Å². The number of non-ortho nitro benzene ring substituents is 1. The van der Waals surface area contributed by atoms with Gasteiger partial charge in [-0.2, -0.15) is 4.31 Å². The van der Waals surface area contributed by atoms with E-state index in [0.29, 0.717) is 18.4 Å². The number of methoxy groups -OCH3 is 2. The molecule has 0 saturated carbocycles. The molecule has 3 atom stereocenters.